The summed E-state index contributed by atoms with van der Waals surface area (Å²) in [5.74, 6) is 0.716. The molecule has 0 radical (unpaired) electrons. The number of rotatable bonds is 5. The Labute approximate surface area is 102 Å². The minimum absolute atomic E-state index is 0.163. The third kappa shape index (κ3) is 3.68. The Hall–Kier alpha value is -1.13. The van der Waals surface area contributed by atoms with E-state index in [1.54, 1.807) is 0 Å². The quantitative estimate of drug-likeness (QED) is 0.844. The average Bonchev–Trinajstić information content (AvgIpc) is 2.78. The molecule has 0 amide bonds. The summed E-state index contributed by atoms with van der Waals surface area (Å²) in [6.45, 7) is 7.39. The van der Waals surface area contributed by atoms with E-state index in [0.29, 0.717) is 12.5 Å². The molecule has 17 heavy (non-hydrogen) atoms. The van der Waals surface area contributed by atoms with Crippen molar-refractivity contribution < 1.29 is 9.47 Å². The van der Waals surface area contributed by atoms with E-state index in [-0.39, 0.29) is 6.10 Å². The zero-order valence-electron chi connectivity index (χ0n) is 10.5. The van der Waals surface area contributed by atoms with E-state index in [1.807, 2.05) is 13.0 Å². The smallest absolute Gasteiger partial charge is 0.214 e. The van der Waals surface area contributed by atoms with E-state index in [1.165, 1.54) is 5.56 Å². The summed E-state index contributed by atoms with van der Waals surface area (Å²) in [5, 5.41) is 3.30. The topological polar surface area (TPSA) is 43.4 Å². The summed E-state index contributed by atoms with van der Waals surface area (Å²) in [6.07, 6.45) is 1.12. The van der Waals surface area contributed by atoms with E-state index in [4.69, 9.17) is 9.47 Å². The van der Waals surface area contributed by atoms with E-state index in [2.05, 4.69) is 23.3 Å². The van der Waals surface area contributed by atoms with Crippen molar-refractivity contribution >= 4 is 0 Å². The molecule has 1 N–H and O–H groups in total. The molecule has 2 heterocycles. The van der Waals surface area contributed by atoms with Gasteiger partial charge in [0.2, 0.25) is 5.88 Å². The van der Waals surface area contributed by atoms with Crippen LogP contribution in [-0.4, -0.2) is 30.8 Å². The Kier molecular flexibility index (Phi) is 4.34. The third-order valence-corrected chi connectivity index (χ3v) is 2.74. The molecule has 4 heteroatoms. The first-order valence-corrected chi connectivity index (χ1v) is 6.20. The molecule has 94 valence electrons. The molecule has 1 saturated heterocycles. The molecule has 0 aromatic carbocycles. The number of pyridine rings is 1. The first-order valence-electron chi connectivity index (χ1n) is 6.20. The summed E-state index contributed by atoms with van der Waals surface area (Å²) in [4.78, 5) is 4.40. The van der Waals surface area contributed by atoms with Gasteiger partial charge in [-0.3, -0.25) is 0 Å². The highest BCUT2D eigenvalue weighted by Crippen LogP contribution is 2.17. The number of ether oxygens (including phenoxy) is 2. The van der Waals surface area contributed by atoms with Crippen LogP contribution in [0.5, 0.6) is 5.88 Å². The first kappa shape index (κ1) is 12.3. The van der Waals surface area contributed by atoms with Gasteiger partial charge in [-0.2, -0.15) is 0 Å². The number of hydrogen-bond donors (Lipinski definition) is 1. The van der Waals surface area contributed by atoms with Crippen molar-refractivity contribution in [3.05, 3.63) is 23.4 Å². The maximum Gasteiger partial charge on any atom is 0.214 e. The Morgan fingerprint density at radius 1 is 1.53 bits per heavy atom. The zero-order chi connectivity index (χ0) is 12.1. The summed E-state index contributed by atoms with van der Waals surface area (Å²) >= 11 is 0. The molecule has 1 atom stereocenters. The fourth-order valence-corrected chi connectivity index (χ4v) is 1.92. The summed E-state index contributed by atoms with van der Waals surface area (Å²) in [6, 6.07) is 4.09. The monoisotopic (exact) mass is 236 g/mol. The van der Waals surface area contributed by atoms with Gasteiger partial charge in [0.15, 0.2) is 0 Å². The van der Waals surface area contributed by atoms with Crippen LogP contribution in [0.15, 0.2) is 12.1 Å². The predicted octanol–water partition coefficient (Wildman–Crippen LogP) is 1.67. The van der Waals surface area contributed by atoms with Gasteiger partial charge in [-0.05, 0) is 25.1 Å². The van der Waals surface area contributed by atoms with Crippen LogP contribution < -0.4 is 10.1 Å². The zero-order valence-corrected chi connectivity index (χ0v) is 10.5. The molecule has 2 rings (SSSR count). The van der Waals surface area contributed by atoms with E-state index in [0.717, 1.165) is 31.8 Å². The van der Waals surface area contributed by atoms with Crippen LogP contribution in [-0.2, 0) is 11.3 Å². The van der Waals surface area contributed by atoms with Gasteiger partial charge in [0.1, 0.15) is 6.10 Å². The highest BCUT2D eigenvalue weighted by atomic mass is 16.5. The van der Waals surface area contributed by atoms with Gasteiger partial charge in [0.05, 0.1) is 13.2 Å². The lowest BCUT2D eigenvalue weighted by atomic mass is 10.2. The van der Waals surface area contributed by atoms with Crippen molar-refractivity contribution in [3.63, 3.8) is 0 Å². The molecule has 4 nitrogen and oxygen atoms in total. The maximum atomic E-state index is 5.81. The molecule has 1 aromatic heterocycles. The molecule has 1 fully saturated rings. The van der Waals surface area contributed by atoms with Gasteiger partial charge in [0.25, 0.3) is 0 Å². The number of hydrogen-bond acceptors (Lipinski definition) is 4. The van der Waals surface area contributed by atoms with E-state index >= 15 is 0 Å². The SMILES string of the molecule is CCNCc1cc(C)nc(OC2CCOC2)c1. The molecule has 0 saturated carbocycles. The number of aromatic nitrogens is 1. The number of aryl methyl sites for hydroxylation is 1. The number of nitrogens with zero attached hydrogens (tertiary/aromatic N) is 1. The van der Waals surface area contributed by atoms with E-state index < -0.39 is 0 Å². The van der Waals surface area contributed by atoms with Crippen LogP contribution in [0.1, 0.15) is 24.6 Å². The lowest BCUT2D eigenvalue weighted by Crippen LogP contribution is -2.17. The van der Waals surface area contributed by atoms with Crippen LogP contribution in [0.2, 0.25) is 0 Å². The number of nitrogens with one attached hydrogen (secondary N) is 1. The van der Waals surface area contributed by atoms with Crippen molar-refractivity contribution in [1.82, 2.24) is 10.3 Å². The second-order valence-electron chi connectivity index (χ2n) is 4.34. The standard InChI is InChI=1S/C13H20N2O2/c1-3-14-8-11-6-10(2)15-13(7-11)17-12-4-5-16-9-12/h6-7,12,14H,3-5,8-9H2,1-2H3. The van der Waals surface area contributed by atoms with Gasteiger partial charge >= 0.3 is 0 Å². The summed E-state index contributed by atoms with van der Waals surface area (Å²) in [5.41, 5.74) is 2.21. The van der Waals surface area contributed by atoms with Crippen LogP contribution >= 0.6 is 0 Å². The van der Waals surface area contributed by atoms with Crippen molar-refractivity contribution in [2.24, 2.45) is 0 Å². The molecule has 0 spiro atoms. The second-order valence-corrected chi connectivity index (χ2v) is 4.34. The summed E-state index contributed by atoms with van der Waals surface area (Å²) < 4.78 is 11.1. The van der Waals surface area contributed by atoms with E-state index in [9.17, 15) is 0 Å². The van der Waals surface area contributed by atoms with Crippen molar-refractivity contribution in [2.45, 2.75) is 32.9 Å². The van der Waals surface area contributed by atoms with Crippen molar-refractivity contribution in [1.29, 1.82) is 0 Å². The first-order chi connectivity index (χ1) is 8.28. The highest BCUT2D eigenvalue weighted by Gasteiger charge is 2.17. The van der Waals surface area contributed by atoms with Gasteiger partial charge < -0.3 is 14.8 Å². The normalized spacial score (nSPS) is 19.5. The van der Waals surface area contributed by atoms with Crippen LogP contribution in [0.4, 0.5) is 0 Å². The Morgan fingerprint density at radius 2 is 2.41 bits per heavy atom. The molecule has 1 aliphatic heterocycles. The van der Waals surface area contributed by atoms with Crippen molar-refractivity contribution in [2.75, 3.05) is 19.8 Å². The second kappa shape index (κ2) is 5.98. The van der Waals surface area contributed by atoms with Gasteiger partial charge in [0, 0.05) is 24.7 Å². The Morgan fingerprint density at radius 3 is 3.12 bits per heavy atom. The molecular formula is C13H20N2O2. The molecular weight excluding hydrogens is 216 g/mol. The Bertz CT molecular complexity index is 362. The molecule has 0 bridgehead atoms. The van der Waals surface area contributed by atoms with Crippen LogP contribution in [0.25, 0.3) is 0 Å². The summed E-state index contributed by atoms with van der Waals surface area (Å²) in [7, 11) is 0. The highest BCUT2D eigenvalue weighted by molar-refractivity contribution is 5.24. The van der Waals surface area contributed by atoms with Crippen molar-refractivity contribution in [3.8, 4) is 5.88 Å². The molecule has 1 aliphatic rings. The Balaban J connectivity index is 2.02. The largest absolute Gasteiger partial charge is 0.472 e. The van der Waals surface area contributed by atoms with Crippen LogP contribution in [0.3, 0.4) is 0 Å². The minimum atomic E-state index is 0.163. The predicted molar refractivity (Wildman–Crippen MR) is 66.2 cm³/mol. The fraction of sp³-hybridized carbons (Fsp3) is 0.615. The molecule has 1 unspecified atom stereocenters. The minimum Gasteiger partial charge on any atom is -0.472 e. The maximum absolute atomic E-state index is 5.81. The lowest BCUT2D eigenvalue weighted by Gasteiger charge is -2.12. The van der Waals surface area contributed by atoms with Crippen LogP contribution in [0, 0.1) is 6.92 Å². The lowest BCUT2D eigenvalue weighted by molar-refractivity contribution is 0.138. The third-order valence-electron chi connectivity index (χ3n) is 2.74. The van der Waals surface area contributed by atoms with Gasteiger partial charge in [-0.25, -0.2) is 4.98 Å². The molecule has 1 aromatic rings. The van der Waals surface area contributed by atoms with Gasteiger partial charge in [-0.1, -0.05) is 6.92 Å². The average molecular weight is 236 g/mol. The molecule has 0 aliphatic carbocycles. The fourth-order valence-electron chi connectivity index (χ4n) is 1.92. The van der Waals surface area contributed by atoms with Gasteiger partial charge in [-0.15, -0.1) is 0 Å².